The molecule has 1 saturated heterocycles. The highest BCUT2D eigenvalue weighted by molar-refractivity contribution is 9.10. The molecule has 1 atom stereocenters. The van der Waals surface area contributed by atoms with Crippen LogP contribution in [0.2, 0.25) is 0 Å². The minimum atomic E-state index is 0.725. The van der Waals surface area contributed by atoms with Gasteiger partial charge in [0.2, 0.25) is 0 Å². The summed E-state index contributed by atoms with van der Waals surface area (Å²) in [7, 11) is 0. The van der Waals surface area contributed by atoms with Gasteiger partial charge in [0.05, 0.1) is 4.47 Å². The largest absolute Gasteiger partial charge is 0.355 e. The Morgan fingerprint density at radius 3 is 3.18 bits per heavy atom. The molecule has 0 saturated carbocycles. The first-order valence-electron chi connectivity index (χ1n) is 6.28. The lowest BCUT2D eigenvalue weighted by molar-refractivity contribution is 0.394. The maximum Gasteiger partial charge on any atom is 0.143 e. The summed E-state index contributed by atoms with van der Waals surface area (Å²) < 4.78 is 1.13. The third-order valence-corrected chi connectivity index (χ3v) is 4.44. The van der Waals surface area contributed by atoms with Crippen LogP contribution >= 0.6 is 15.9 Å². The topological polar surface area (TPSA) is 42.2 Å². The first-order valence-corrected chi connectivity index (χ1v) is 7.07. The zero-order valence-corrected chi connectivity index (χ0v) is 11.9. The fourth-order valence-corrected chi connectivity index (χ4v) is 2.96. The molecule has 0 amide bonds. The van der Waals surface area contributed by atoms with E-state index in [4.69, 9.17) is 5.73 Å². The predicted octanol–water partition coefficient (Wildman–Crippen LogP) is 2.72. The Kier molecular flexibility index (Phi) is 4.40. The van der Waals surface area contributed by atoms with Gasteiger partial charge in [0.15, 0.2) is 0 Å². The number of aryl methyl sites for hydroxylation is 1. The van der Waals surface area contributed by atoms with Gasteiger partial charge in [-0.3, -0.25) is 0 Å². The van der Waals surface area contributed by atoms with Crippen LogP contribution in [0.25, 0.3) is 0 Å². The van der Waals surface area contributed by atoms with Gasteiger partial charge < -0.3 is 10.6 Å². The van der Waals surface area contributed by atoms with Crippen molar-refractivity contribution >= 4 is 21.7 Å². The van der Waals surface area contributed by atoms with Crippen LogP contribution < -0.4 is 10.6 Å². The van der Waals surface area contributed by atoms with Gasteiger partial charge in [-0.1, -0.05) is 0 Å². The summed E-state index contributed by atoms with van der Waals surface area (Å²) in [5, 5.41) is 0. The summed E-state index contributed by atoms with van der Waals surface area (Å²) in [6.45, 7) is 5.10. The molecule has 0 radical (unpaired) electrons. The molecule has 2 N–H and O–H groups in total. The highest BCUT2D eigenvalue weighted by atomic mass is 79.9. The number of hydrogen-bond donors (Lipinski definition) is 1. The minimum Gasteiger partial charge on any atom is -0.355 e. The van der Waals surface area contributed by atoms with E-state index in [0.717, 1.165) is 42.3 Å². The van der Waals surface area contributed by atoms with E-state index in [-0.39, 0.29) is 0 Å². The number of aromatic nitrogens is 1. The molecule has 2 heterocycles. The molecule has 0 bridgehead atoms. The lowest BCUT2D eigenvalue weighted by atomic mass is 9.95. The van der Waals surface area contributed by atoms with Crippen LogP contribution in [0.1, 0.15) is 24.8 Å². The first kappa shape index (κ1) is 12.8. The molecule has 0 aliphatic carbocycles. The van der Waals surface area contributed by atoms with Crippen LogP contribution in [0.15, 0.2) is 16.7 Å². The van der Waals surface area contributed by atoms with Crippen molar-refractivity contribution < 1.29 is 0 Å². The van der Waals surface area contributed by atoms with Crippen LogP contribution in [0, 0.1) is 12.8 Å². The Hall–Kier alpha value is -0.610. The molecular formula is C13H20BrN3. The van der Waals surface area contributed by atoms with Crippen LogP contribution in [0.3, 0.4) is 0 Å². The Morgan fingerprint density at radius 1 is 1.59 bits per heavy atom. The molecule has 4 heteroatoms. The highest BCUT2D eigenvalue weighted by Crippen LogP contribution is 2.30. The van der Waals surface area contributed by atoms with Crippen molar-refractivity contribution in [1.82, 2.24) is 4.98 Å². The van der Waals surface area contributed by atoms with E-state index >= 15 is 0 Å². The molecule has 1 fully saturated rings. The Morgan fingerprint density at radius 2 is 2.41 bits per heavy atom. The average Bonchev–Trinajstić information content (AvgIpc) is 2.33. The summed E-state index contributed by atoms with van der Waals surface area (Å²) in [5.74, 6) is 1.81. The summed E-state index contributed by atoms with van der Waals surface area (Å²) in [6.07, 6.45) is 5.56. The number of anilines is 1. The average molecular weight is 298 g/mol. The van der Waals surface area contributed by atoms with E-state index in [2.05, 4.69) is 32.7 Å². The van der Waals surface area contributed by atoms with Gasteiger partial charge in [-0.2, -0.15) is 0 Å². The van der Waals surface area contributed by atoms with Gasteiger partial charge in [0, 0.05) is 19.3 Å². The number of halogens is 1. The van der Waals surface area contributed by atoms with Gasteiger partial charge in [-0.15, -0.1) is 0 Å². The third kappa shape index (κ3) is 2.99. The second kappa shape index (κ2) is 5.83. The quantitative estimate of drug-likeness (QED) is 0.933. The lowest BCUT2D eigenvalue weighted by Crippen LogP contribution is -2.37. The Balaban J connectivity index is 2.13. The molecule has 2 rings (SSSR count). The number of nitrogens with zero attached hydrogens (tertiary/aromatic N) is 2. The van der Waals surface area contributed by atoms with Crippen LogP contribution in [0.5, 0.6) is 0 Å². The maximum absolute atomic E-state index is 5.65. The molecule has 94 valence electrons. The van der Waals surface area contributed by atoms with Crippen molar-refractivity contribution in [3.63, 3.8) is 0 Å². The van der Waals surface area contributed by atoms with E-state index < -0.39 is 0 Å². The fourth-order valence-electron chi connectivity index (χ4n) is 2.48. The van der Waals surface area contributed by atoms with E-state index in [9.17, 15) is 0 Å². The van der Waals surface area contributed by atoms with Gasteiger partial charge in [0.25, 0.3) is 0 Å². The van der Waals surface area contributed by atoms with E-state index in [1.807, 2.05) is 12.3 Å². The van der Waals surface area contributed by atoms with Crippen LogP contribution in [-0.2, 0) is 0 Å². The number of hydrogen-bond acceptors (Lipinski definition) is 3. The standard InChI is InChI=1S/C13H20BrN3/c1-10-5-7-16-13(12(10)14)17-8-2-3-11(9-17)4-6-15/h5,7,11H,2-4,6,8-9,15H2,1H3. The van der Waals surface area contributed by atoms with E-state index in [1.54, 1.807) is 0 Å². The van der Waals surface area contributed by atoms with Gasteiger partial charge >= 0.3 is 0 Å². The molecule has 1 unspecified atom stereocenters. The zero-order valence-electron chi connectivity index (χ0n) is 10.3. The molecule has 3 nitrogen and oxygen atoms in total. The third-order valence-electron chi connectivity index (χ3n) is 3.46. The van der Waals surface area contributed by atoms with Crippen molar-refractivity contribution in [3.05, 3.63) is 22.3 Å². The molecule has 0 spiro atoms. The van der Waals surface area contributed by atoms with Crippen molar-refractivity contribution in [2.75, 3.05) is 24.5 Å². The van der Waals surface area contributed by atoms with Crippen molar-refractivity contribution in [3.8, 4) is 0 Å². The molecule has 1 aliphatic heterocycles. The molecule has 0 aromatic carbocycles. The summed E-state index contributed by atoms with van der Waals surface area (Å²) in [4.78, 5) is 6.89. The number of piperidine rings is 1. The van der Waals surface area contributed by atoms with Gasteiger partial charge in [-0.05, 0) is 66.2 Å². The Labute approximate surface area is 112 Å². The van der Waals surface area contributed by atoms with E-state index in [0.29, 0.717) is 0 Å². The maximum atomic E-state index is 5.65. The molecule has 1 aromatic heterocycles. The van der Waals surface area contributed by atoms with E-state index in [1.165, 1.54) is 18.4 Å². The predicted molar refractivity (Wildman–Crippen MR) is 75.3 cm³/mol. The summed E-state index contributed by atoms with van der Waals surface area (Å²) in [6, 6.07) is 2.04. The number of rotatable bonds is 3. The molecular weight excluding hydrogens is 278 g/mol. The van der Waals surface area contributed by atoms with Gasteiger partial charge in [0.1, 0.15) is 5.82 Å². The summed E-state index contributed by atoms with van der Waals surface area (Å²) >= 11 is 3.65. The van der Waals surface area contributed by atoms with Crippen LogP contribution in [-0.4, -0.2) is 24.6 Å². The lowest BCUT2D eigenvalue weighted by Gasteiger charge is -2.34. The van der Waals surface area contributed by atoms with Crippen molar-refractivity contribution in [2.45, 2.75) is 26.2 Å². The highest BCUT2D eigenvalue weighted by Gasteiger charge is 2.22. The number of pyridine rings is 1. The summed E-state index contributed by atoms with van der Waals surface area (Å²) in [5.41, 5.74) is 6.90. The monoisotopic (exact) mass is 297 g/mol. The molecule has 17 heavy (non-hydrogen) atoms. The second-order valence-corrected chi connectivity index (χ2v) is 5.59. The van der Waals surface area contributed by atoms with Crippen LogP contribution in [0.4, 0.5) is 5.82 Å². The van der Waals surface area contributed by atoms with Crippen molar-refractivity contribution in [2.24, 2.45) is 11.7 Å². The second-order valence-electron chi connectivity index (χ2n) is 4.80. The van der Waals surface area contributed by atoms with Crippen molar-refractivity contribution in [1.29, 1.82) is 0 Å². The molecule has 1 aliphatic rings. The van der Waals surface area contributed by atoms with Gasteiger partial charge in [-0.25, -0.2) is 4.98 Å². The SMILES string of the molecule is Cc1ccnc(N2CCCC(CCN)C2)c1Br. The first-order chi connectivity index (χ1) is 8.22. The zero-order chi connectivity index (χ0) is 12.3. The normalized spacial score (nSPS) is 20.6. The Bertz CT molecular complexity index is 379. The smallest absolute Gasteiger partial charge is 0.143 e. The number of nitrogens with two attached hydrogens (primary N) is 1. The minimum absolute atomic E-state index is 0.725. The molecule has 1 aromatic rings. The fraction of sp³-hybridized carbons (Fsp3) is 0.615.